The molecule has 0 unspecified atom stereocenters. The molecule has 5 nitrogen and oxygen atoms in total. The van der Waals surface area contributed by atoms with Crippen LogP contribution in [0.5, 0.6) is 0 Å². The minimum atomic E-state index is -0.0434. The Morgan fingerprint density at radius 3 is 2.75 bits per heavy atom. The number of hydrogen-bond acceptors (Lipinski definition) is 6. The first kappa shape index (κ1) is 14.7. The smallest absolute Gasteiger partial charge is 0.225 e. The number of nitrogens with one attached hydrogen (secondary N) is 3. The molecule has 0 atom stereocenters. The molecule has 0 aliphatic carbocycles. The largest absolute Gasteiger partial charge is 0.351 e. The molecule has 0 saturated carbocycles. The zero-order chi connectivity index (χ0) is 14.8. The molecule has 0 radical (unpaired) electrons. The Bertz CT molecular complexity index is 612. The highest BCUT2D eigenvalue weighted by molar-refractivity contribution is 7.18. The Balaban J connectivity index is 2.36. The van der Waals surface area contributed by atoms with Gasteiger partial charge in [0.1, 0.15) is 0 Å². The third kappa shape index (κ3) is 3.46. The van der Waals surface area contributed by atoms with Gasteiger partial charge in [0.05, 0.1) is 10.2 Å². The van der Waals surface area contributed by atoms with Crippen LogP contribution in [0.4, 0.5) is 11.8 Å². The summed E-state index contributed by atoms with van der Waals surface area (Å²) in [4.78, 5) is 9.07. The third-order valence-electron chi connectivity index (χ3n) is 2.55. The van der Waals surface area contributed by atoms with Gasteiger partial charge in [0.25, 0.3) is 0 Å². The zero-order valence-corrected chi connectivity index (χ0v) is 13.2. The second-order valence-electron chi connectivity index (χ2n) is 5.66. The number of hydrogen-bond donors (Lipinski definition) is 3. The van der Waals surface area contributed by atoms with Gasteiger partial charge in [-0.15, -0.1) is 17.9 Å². The van der Waals surface area contributed by atoms with Crippen LogP contribution in [-0.4, -0.2) is 22.1 Å². The monoisotopic (exact) mass is 291 g/mol. The summed E-state index contributed by atoms with van der Waals surface area (Å²) in [5, 5.41) is 5.23. The van der Waals surface area contributed by atoms with E-state index in [0.29, 0.717) is 12.5 Å². The van der Waals surface area contributed by atoms with Crippen LogP contribution in [0.15, 0.2) is 18.0 Å². The summed E-state index contributed by atoms with van der Waals surface area (Å²) < 4.78 is 1.06. The van der Waals surface area contributed by atoms with Crippen molar-refractivity contribution in [3.05, 3.63) is 23.6 Å². The number of fused-ring (bicyclic) bond motifs is 1. The average molecular weight is 291 g/mol. The van der Waals surface area contributed by atoms with Crippen LogP contribution in [0.2, 0.25) is 0 Å². The van der Waals surface area contributed by atoms with E-state index in [9.17, 15) is 0 Å². The number of rotatable bonds is 5. The molecule has 2 aromatic heterocycles. The minimum absolute atomic E-state index is 0.0434. The van der Waals surface area contributed by atoms with Crippen molar-refractivity contribution in [3.8, 4) is 0 Å². The standard InChI is InChI=1S/C14H21N5S/c1-6-7-15-13-16-10-9(2)8-20-11(10)12(17-13)18-19-14(3,4)5/h6,8,19H,1,7H2,2-5H3,(H2,15,16,17,18). The van der Waals surface area contributed by atoms with Crippen molar-refractivity contribution in [1.82, 2.24) is 15.4 Å². The maximum Gasteiger partial charge on any atom is 0.225 e. The van der Waals surface area contributed by atoms with Crippen molar-refractivity contribution in [2.45, 2.75) is 33.2 Å². The fraction of sp³-hybridized carbons (Fsp3) is 0.429. The molecule has 3 N–H and O–H groups in total. The predicted octanol–water partition coefficient (Wildman–Crippen LogP) is 3.31. The minimum Gasteiger partial charge on any atom is -0.351 e. The lowest BCUT2D eigenvalue weighted by Crippen LogP contribution is -2.40. The Morgan fingerprint density at radius 2 is 2.10 bits per heavy atom. The molecule has 0 aliphatic heterocycles. The molecular formula is C14H21N5S. The molecule has 2 rings (SSSR count). The molecule has 108 valence electrons. The fourth-order valence-corrected chi connectivity index (χ4v) is 2.54. The topological polar surface area (TPSA) is 61.9 Å². The van der Waals surface area contributed by atoms with Gasteiger partial charge in [-0.05, 0) is 38.6 Å². The van der Waals surface area contributed by atoms with Crippen LogP contribution in [-0.2, 0) is 0 Å². The van der Waals surface area contributed by atoms with E-state index in [0.717, 1.165) is 21.6 Å². The zero-order valence-electron chi connectivity index (χ0n) is 12.4. The van der Waals surface area contributed by atoms with E-state index in [1.165, 1.54) is 0 Å². The second-order valence-corrected chi connectivity index (χ2v) is 6.54. The number of thiophene rings is 1. The molecule has 20 heavy (non-hydrogen) atoms. The number of aryl methyl sites for hydroxylation is 1. The van der Waals surface area contributed by atoms with E-state index in [1.54, 1.807) is 17.4 Å². The summed E-state index contributed by atoms with van der Waals surface area (Å²) >= 11 is 1.65. The summed E-state index contributed by atoms with van der Waals surface area (Å²) in [7, 11) is 0. The molecule has 2 aromatic rings. The summed E-state index contributed by atoms with van der Waals surface area (Å²) in [5.41, 5.74) is 8.54. The molecule has 0 aromatic carbocycles. The first-order chi connectivity index (χ1) is 9.40. The SMILES string of the molecule is C=CCNc1nc(NNC(C)(C)C)c2scc(C)c2n1. The molecule has 0 saturated heterocycles. The highest BCUT2D eigenvalue weighted by Crippen LogP contribution is 2.30. The maximum atomic E-state index is 4.55. The first-order valence-electron chi connectivity index (χ1n) is 6.54. The van der Waals surface area contributed by atoms with Crippen LogP contribution < -0.4 is 16.2 Å². The van der Waals surface area contributed by atoms with Gasteiger partial charge < -0.3 is 10.7 Å². The Kier molecular flexibility index (Phi) is 4.25. The van der Waals surface area contributed by atoms with Crippen molar-refractivity contribution in [2.24, 2.45) is 0 Å². The molecule has 0 fully saturated rings. The van der Waals surface area contributed by atoms with E-state index in [-0.39, 0.29) is 5.54 Å². The van der Waals surface area contributed by atoms with Crippen LogP contribution >= 0.6 is 11.3 Å². The second kappa shape index (κ2) is 5.76. The molecule has 6 heteroatoms. The normalized spacial score (nSPS) is 11.6. The predicted molar refractivity (Wildman–Crippen MR) is 87.4 cm³/mol. The molecular weight excluding hydrogens is 270 g/mol. The highest BCUT2D eigenvalue weighted by Gasteiger charge is 2.14. The van der Waals surface area contributed by atoms with Crippen LogP contribution in [0, 0.1) is 6.92 Å². The lowest BCUT2D eigenvalue weighted by Gasteiger charge is -2.21. The van der Waals surface area contributed by atoms with Gasteiger partial charge >= 0.3 is 0 Å². The van der Waals surface area contributed by atoms with Gasteiger partial charge in [0.15, 0.2) is 5.82 Å². The van der Waals surface area contributed by atoms with E-state index in [2.05, 4.69) is 65.8 Å². The highest BCUT2D eigenvalue weighted by atomic mass is 32.1. The van der Waals surface area contributed by atoms with Crippen molar-refractivity contribution in [1.29, 1.82) is 0 Å². The average Bonchev–Trinajstić information content (AvgIpc) is 2.75. The summed E-state index contributed by atoms with van der Waals surface area (Å²) in [5.74, 6) is 1.41. The van der Waals surface area contributed by atoms with E-state index >= 15 is 0 Å². The van der Waals surface area contributed by atoms with Crippen LogP contribution in [0.1, 0.15) is 26.3 Å². The van der Waals surface area contributed by atoms with Crippen LogP contribution in [0.25, 0.3) is 10.2 Å². The summed E-state index contributed by atoms with van der Waals surface area (Å²) in [6, 6.07) is 0. The van der Waals surface area contributed by atoms with Gasteiger partial charge in [-0.1, -0.05) is 6.08 Å². The Morgan fingerprint density at radius 1 is 1.35 bits per heavy atom. The number of hydrazine groups is 1. The third-order valence-corrected chi connectivity index (χ3v) is 3.65. The van der Waals surface area contributed by atoms with Gasteiger partial charge in [0.2, 0.25) is 5.95 Å². The Labute approximate surface area is 123 Å². The molecule has 2 heterocycles. The number of anilines is 2. The lowest BCUT2D eigenvalue weighted by atomic mass is 10.1. The van der Waals surface area contributed by atoms with Gasteiger partial charge in [-0.3, -0.25) is 0 Å². The van der Waals surface area contributed by atoms with E-state index in [1.807, 2.05) is 0 Å². The first-order valence-corrected chi connectivity index (χ1v) is 7.42. The molecule has 0 bridgehead atoms. The van der Waals surface area contributed by atoms with Crippen molar-refractivity contribution in [2.75, 3.05) is 17.3 Å². The molecule has 0 amide bonds. The van der Waals surface area contributed by atoms with Gasteiger partial charge in [0, 0.05) is 12.1 Å². The van der Waals surface area contributed by atoms with Crippen molar-refractivity contribution < 1.29 is 0 Å². The van der Waals surface area contributed by atoms with E-state index in [4.69, 9.17) is 0 Å². The summed E-state index contributed by atoms with van der Waals surface area (Å²) in [6.07, 6.45) is 1.79. The summed E-state index contributed by atoms with van der Waals surface area (Å²) in [6.45, 7) is 12.7. The molecule has 0 spiro atoms. The molecule has 0 aliphatic rings. The fourth-order valence-electron chi connectivity index (χ4n) is 1.61. The van der Waals surface area contributed by atoms with Crippen molar-refractivity contribution >= 4 is 33.3 Å². The quantitative estimate of drug-likeness (QED) is 0.583. The lowest BCUT2D eigenvalue weighted by molar-refractivity contribution is 0.465. The Hall–Kier alpha value is -1.66. The van der Waals surface area contributed by atoms with Crippen LogP contribution in [0.3, 0.4) is 0 Å². The van der Waals surface area contributed by atoms with Crippen molar-refractivity contribution in [3.63, 3.8) is 0 Å². The van der Waals surface area contributed by atoms with Gasteiger partial charge in [-0.25, -0.2) is 10.4 Å². The maximum absolute atomic E-state index is 4.55. The van der Waals surface area contributed by atoms with Gasteiger partial charge in [-0.2, -0.15) is 4.98 Å². The number of aromatic nitrogens is 2. The number of nitrogens with zero attached hydrogens (tertiary/aromatic N) is 2. The van der Waals surface area contributed by atoms with E-state index < -0.39 is 0 Å².